The van der Waals surface area contributed by atoms with E-state index in [1.165, 1.54) is 43.5 Å². The number of hydrogen-bond donors (Lipinski definition) is 3. The molecule has 2 aliphatic rings. The summed E-state index contributed by atoms with van der Waals surface area (Å²) in [5.74, 6) is -2.23. The van der Waals surface area contributed by atoms with E-state index in [1.54, 1.807) is 23.5 Å². The number of nitrogens with one attached hydrogen (secondary N) is 3. The molecule has 2 amide bonds. The van der Waals surface area contributed by atoms with Gasteiger partial charge in [-0.15, -0.1) is 21.5 Å². The molecule has 16 nitrogen and oxygen atoms in total. The summed E-state index contributed by atoms with van der Waals surface area (Å²) in [4.78, 5) is 47.5. The second kappa shape index (κ2) is 28.1. The highest BCUT2D eigenvalue weighted by atomic mass is 35.5. The fourth-order valence-electron chi connectivity index (χ4n) is 10.7. The van der Waals surface area contributed by atoms with Crippen LogP contribution in [-0.2, 0) is 40.4 Å². The number of ether oxygens (including phenoxy) is 5. The summed E-state index contributed by atoms with van der Waals surface area (Å²) in [7, 11) is 1.42. The van der Waals surface area contributed by atoms with Gasteiger partial charge in [-0.25, -0.2) is 8.78 Å². The van der Waals surface area contributed by atoms with Gasteiger partial charge in [0.2, 0.25) is 5.91 Å². The molecule has 0 aliphatic carbocycles. The zero-order valence-corrected chi connectivity index (χ0v) is 50.4. The Labute approximate surface area is 501 Å². The van der Waals surface area contributed by atoms with Crippen LogP contribution < -0.4 is 20.7 Å². The van der Waals surface area contributed by atoms with Gasteiger partial charge < -0.3 is 39.6 Å². The minimum atomic E-state index is -1.78. The number of amides is 2. The Morgan fingerprint density at radius 3 is 2.12 bits per heavy atom. The predicted molar refractivity (Wildman–Crippen MR) is 316 cm³/mol. The van der Waals surface area contributed by atoms with Gasteiger partial charge in [0.15, 0.2) is 11.6 Å². The van der Waals surface area contributed by atoms with E-state index in [0.717, 1.165) is 44.2 Å². The van der Waals surface area contributed by atoms with Crippen LogP contribution in [0.3, 0.4) is 0 Å². The van der Waals surface area contributed by atoms with E-state index in [1.807, 2.05) is 56.5 Å². The van der Waals surface area contributed by atoms with Gasteiger partial charge in [0.25, 0.3) is 5.91 Å². The molecule has 440 valence electrons. The smallest absolute Gasteiger partial charge is 0.251 e. The molecule has 0 saturated carbocycles. The highest BCUT2D eigenvalue weighted by Gasteiger charge is 2.61. The van der Waals surface area contributed by atoms with Gasteiger partial charge >= 0.3 is 0 Å². The Morgan fingerprint density at radius 1 is 0.831 bits per heavy atom. The maximum Gasteiger partial charge on any atom is 0.251 e. The summed E-state index contributed by atoms with van der Waals surface area (Å²) in [5.41, 5.74) is 2.27. The van der Waals surface area contributed by atoms with Gasteiger partial charge in [0.1, 0.15) is 39.7 Å². The van der Waals surface area contributed by atoms with Crippen LogP contribution in [0, 0.1) is 49.2 Å². The first-order valence-electron chi connectivity index (χ1n) is 27.2. The van der Waals surface area contributed by atoms with Crippen molar-refractivity contribution in [1.29, 1.82) is 5.26 Å². The predicted octanol–water partition coefficient (Wildman–Crippen LogP) is 10.5. The third-order valence-electron chi connectivity index (χ3n) is 14.7. The topological polar surface area (TPSA) is 200 Å². The number of hydrogen-bond acceptors (Lipinski definition) is 14. The third-order valence-corrected chi connectivity index (χ3v) is 16.6. The molecule has 83 heavy (non-hydrogen) atoms. The quantitative estimate of drug-likeness (QED) is 0.0435. The van der Waals surface area contributed by atoms with Gasteiger partial charge in [0.05, 0.1) is 89.2 Å². The minimum Gasteiger partial charge on any atom is -0.496 e. The van der Waals surface area contributed by atoms with Crippen molar-refractivity contribution < 1.29 is 46.8 Å². The number of rotatable bonds is 26. The molecule has 1 unspecified atom stereocenters. The number of ketones is 1. The van der Waals surface area contributed by atoms with Gasteiger partial charge in [-0.1, -0.05) is 92.0 Å². The van der Waals surface area contributed by atoms with E-state index in [0.29, 0.717) is 69.0 Å². The van der Waals surface area contributed by atoms with Gasteiger partial charge in [-0.3, -0.25) is 23.9 Å². The second-order valence-corrected chi connectivity index (χ2v) is 24.0. The van der Waals surface area contributed by atoms with Crippen LogP contribution in [-0.4, -0.2) is 123 Å². The molecule has 4 heterocycles. The molecule has 4 aromatic carbocycles. The lowest BCUT2D eigenvalue weighted by atomic mass is 9.62. The van der Waals surface area contributed by atoms with Gasteiger partial charge in [-0.2, -0.15) is 5.26 Å². The number of carbonyl (C=O) groups excluding carboxylic acids is 3. The number of aromatic nitrogens is 3. The number of nitrogens with zero attached hydrogens (tertiary/aromatic N) is 5. The molecule has 0 spiro atoms. The van der Waals surface area contributed by atoms with E-state index in [-0.39, 0.29) is 71.0 Å². The van der Waals surface area contributed by atoms with Crippen molar-refractivity contribution in [3.05, 3.63) is 161 Å². The number of nitriles is 1. The molecule has 0 radical (unpaired) electrons. The first-order chi connectivity index (χ1) is 39.8. The standard InChI is InChI=1S/C61H67Cl3F2N8O8S/c1-35-36(2)83-59-52(35)55(38-13-15-41(62)16-14-38)70-47(57-73-72-37(3)74(57)59)32-51(76)68-19-21-79-23-25-81-27-28-82-26-24-80-22-20-69-58(77)40-12-11-39(49(30-40)78-7)29-48(75)56-53(43-9-8-10-45(64)54(43)66)61(34-67,50(71-56)33-60(4,5)6)44-18-17-42(63)31-46(44)65/h8-18,30-31,47,50,53,56,71H,19-29,32-33H2,1-7H3,(H,68,76)(H,69,77)/t47-,50+,53+,56?,61+/m0/s1. The average Bonchev–Trinajstić information content (AvgIpc) is 3.08. The summed E-state index contributed by atoms with van der Waals surface area (Å²) in [6, 6.07) is 20.4. The average molecular weight is 1220 g/mol. The van der Waals surface area contributed by atoms with Crippen molar-refractivity contribution in [3.63, 3.8) is 0 Å². The highest BCUT2D eigenvalue weighted by Crippen LogP contribution is 2.53. The summed E-state index contributed by atoms with van der Waals surface area (Å²) in [5, 5.41) is 30.7. The van der Waals surface area contributed by atoms with Crippen molar-refractivity contribution in [1.82, 2.24) is 30.7 Å². The minimum absolute atomic E-state index is 0.0108. The van der Waals surface area contributed by atoms with Crippen molar-refractivity contribution in [2.24, 2.45) is 10.4 Å². The Hall–Kier alpha value is -6.18. The summed E-state index contributed by atoms with van der Waals surface area (Å²) in [6.07, 6.45) is 0.155. The highest BCUT2D eigenvalue weighted by molar-refractivity contribution is 7.15. The maximum absolute atomic E-state index is 16.2. The van der Waals surface area contributed by atoms with E-state index in [2.05, 4.69) is 46.1 Å². The van der Waals surface area contributed by atoms with E-state index in [9.17, 15) is 19.6 Å². The molecule has 0 bridgehead atoms. The molecule has 2 aliphatic heterocycles. The first-order valence-corrected chi connectivity index (χ1v) is 29.2. The molecule has 2 aromatic heterocycles. The molecular formula is C61H67Cl3F2N8O8S. The van der Waals surface area contributed by atoms with Crippen molar-refractivity contribution in [2.75, 3.05) is 73.1 Å². The van der Waals surface area contributed by atoms with Crippen molar-refractivity contribution in [2.45, 2.75) is 90.3 Å². The molecule has 22 heteroatoms. The molecule has 8 rings (SSSR count). The first kappa shape index (κ1) is 62.9. The fraction of sp³-hybridized carbons (Fsp3) is 0.426. The Kier molecular flexibility index (Phi) is 21.3. The zero-order chi connectivity index (χ0) is 59.6. The number of methoxy groups -OCH3 is 1. The number of aryl methyl sites for hydroxylation is 2. The molecule has 5 atom stereocenters. The number of aliphatic imine (C=N–C) groups is 1. The Morgan fingerprint density at radius 2 is 1.48 bits per heavy atom. The number of Topliss-reactive ketones (excluding diaryl/α,β-unsaturated/α-hetero) is 1. The maximum atomic E-state index is 16.2. The molecule has 3 N–H and O–H groups in total. The van der Waals surface area contributed by atoms with Crippen molar-refractivity contribution in [3.8, 4) is 16.8 Å². The molecule has 1 fully saturated rings. The van der Waals surface area contributed by atoms with Gasteiger partial charge in [-0.05, 0) is 86.2 Å². The van der Waals surface area contributed by atoms with Crippen molar-refractivity contribution >= 4 is 69.4 Å². The summed E-state index contributed by atoms with van der Waals surface area (Å²) < 4.78 is 62.5. The zero-order valence-electron chi connectivity index (χ0n) is 47.3. The van der Waals surface area contributed by atoms with Crippen LogP contribution in [0.4, 0.5) is 8.78 Å². The Bertz CT molecular complexity index is 3380. The Balaban J connectivity index is 0.733. The summed E-state index contributed by atoms with van der Waals surface area (Å²) in [6.45, 7) is 14.9. The van der Waals surface area contributed by atoms with Gasteiger partial charge in [0, 0.05) is 74.2 Å². The van der Waals surface area contributed by atoms with E-state index < -0.39 is 58.2 Å². The lowest BCUT2D eigenvalue weighted by Crippen LogP contribution is -2.44. The fourth-order valence-corrected chi connectivity index (χ4v) is 12.4. The van der Waals surface area contributed by atoms with Crippen LogP contribution in [0.25, 0.3) is 5.00 Å². The largest absolute Gasteiger partial charge is 0.496 e. The lowest BCUT2D eigenvalue weighted by Gasteiger charge is -2.37. The summed E-state index contributed by atoms with van der Waals surface area (Å²) >= 11 is 20.4. The number of benzene rings is 4. The third kappa shape index (κ3) is 14.7. The van der Waals surface area contributed by atoms with E-state index in [4.69, 9.17) is 63.5 Å². The van der Waals surface area contributed by atoms with Crippen LogP contribution in [0.1, 0.15) is 106 Å². The van der Waals surface area contributed by atoms with Crippen LogP contribution >= 0.6 is 46.1 Å². The lowest BCUT2D eigenvalue weighted by molar-refractivity contribution is -0.122. The SMILES string of the molecule is COc1cc(C(=O)NCCOCCOCCOCCOCCNC(=O)C[C@@H]2N=C(c3ccc(Cl)cc3)c3c(sc(C)c3C)-n3c(C)nnc32)ccc1CC(=O)C1N[C@H](CC(C)(C)C)[C@@](C#N)(c2ccc(Cl)cc2F)[C@@H]1c1cccc(Cl)c1F. The van der Waals surface area contributed by atoms with E-state index >= 15 is 8.78 Å². The van der Waals surface area contributed by atoms with Crippen LogP contribution in [0.5, 0.6) is 5.75 Å². The molecular weight excluding hydrogens is 1150 g/mol. The number of thiophene rings is 1. The number of carbonyl (C=O) groups is 3. The number of halogens is 5. The second-order valence-electron chi connectivity index (χ2n) is 21.5. The normalized spacial score (nSPS) is 18.4. The molecule has 6 aromatic rings. The van der Waals surface area contributed by atoms with Crippen LogP contribution in [0.15, 0.2) is 83.9 Å². The van der Waals surface area contributed by atoms with Crippen LogP contribution in [0.2, 0.25) is 15.1 Å². The number of fused-ring (bicyclic) bond motifs is 3. The monoisotopic (exact) mass is 1210 g/mol. The molecule has 1 saturated heterocycles.